The van der Waals surface area contributed by atoms with E-state index in [0.717, 1.165) is 17.9 Å². The van der Waals surface area contributed by atoms with E-state index in [4.69, 9.17) is 0 Å². The van der Waals surface area contributed by atoms with Gasteiger partial charge in [0.25, 0.3) is 0 Å². The van der Waals surface area contributed by atoms with Gasteiger partial charge in [-0.1, -0.05) is 38.3 Å². The maximum Gasteiger partial charge on any atom is 0.305 e. The van der Waals surface area contributed by atoms with Gasteiger partial charge in [-0.15, -0.1) is 5.73 Å². The smallest absolute Gasteiger partial charge is 0.305 e. The monoisotopic (exact) mass is 310 g/mol. The minimum Gasteiger partial charge on any atom is -0.469 e. The fourth-order valence-electron chi connectivity index (χ4n) is 1.73. The summed E-state index contributed by atoms with van der Waals surface area (Å²) in [6.07, 6.45) is 17.4. The van der Waals surface area contributed by atoms with E-state index in [1.807, 2.05) is 23.9 Å². The second-order valence-electron chi connectivity index (χ2n) is 4.87. The van der Waals surface area contributed by atoms with Crippen molar-refractivity contribution in [3.63, 3.8) is 0 Å². The van der Waals surface area contributed by atoms with Crippen LogP contribution in [-0.2, 0) is 9.53 Å². The van der Waals surface area contributed by atoms with E-state index in [1.54, 1.807) is 0 Å². The molecule has 0 aromatic carbocycles. The summed E-state index contributed by atoms with van der Waals surface area (Å²) in [4.78, 5) is 10.9. The molecule has 0 saturated carbocycles. The van der Waals surface area contributed by atoms with E-state index >= 15 is 0 Å². The zero-order chi connectivity index (χ0) is 15.6. The van der Waals surface area contributed by atoms with Gasteiger partial charge in [-0.3, -0.25) is 4.79 Å². The van der Waals surface area contributed by atoms with Crippen LogP contribution in [0.1, 0.15) is 58.3 Å². The molecule has 0 aliphatic rings. The molecule has 0 aromatic rings. The summed E-state index contributed by atoms with van der Waals surface area (Å²) in [6, 6.07) is 0. The van der Waals surface area contributed by atoms with E-state index in [1.165, 1.54) is 39.2 Å². The Morgan fingerprint density at radius 2 is 1.90 bits per heavy atom. The average Bonchev–Trinajstić information content (AvgIpc) is 2.50. The van der Waals surface area contributed by atoms with Crippen LogP contribution in [0.5, 0.6) is 0 Å². The lowest BCUT2D eigenvalue weighted by molar-refractivity contribution is -0.140. The van der Waals surface area contributed by atoms with Crippen molar-refractivity contribution in [2.24, 2.45) is 0 Å². The summed E-state index contributed by atoms with van der Waals surface area (Å²) >= 11 is 1.91. The molecule has 0 N–H and O–H groups in total. The zero-order valence-electron chi connectivity index (χ0n) is 13.6. The van der Waals surface area contributed by atoms with E-state index in [0.29, 0.717) is 12.8 Å². The molecule has 0 aliphatic carbocycles. The fraction of sp³-hybridized carbons (Fsp3) is 0.667. The molecule has 0 fully saturated rings. The lowest BCUT2D eigenvalue weighted by atomic mass is 10.1. The van der Waals surface area contributed by atoms with Crippen LogP contribution in [0.4, 0.5) is 0 Å². The third kappa shape index (κ3) is 17.0. The number of rotatable bonds is 13. The Balaban J connectivity index is 3.33. The number of hydrogen-bond donors (Lipinski definition) is 0. The molecule has 0 amide bonds. The van der Waals surface area contributed by atoms with Crippen LogP contribution in [0.15, 0.2) is 30.0 Å². The number of allylic oxidation sites excluding steroid dienone is 2. The van der Waals surface area contributed by atoms with Gasteiger partial charge in [0.15, 0.2) is 0 Å². The summed E-state index contributed by atoms with van der Waals surface area (Å²) in [6.45, 7) is 2.25. The summed E-state index contributed by atoms with van der Waals surface area (Å²) in [5.74, 6) is 1.98. The Bertz CT molecular complexity index is 328. The predicted molar refractivity (Wildman–Crippen MR) is 93.7 cm³/mol. The molecule has 0 bridgehead atoms. The molecule has 2 nitrogen and oxygen atoms in total. The Hall–Kier alpha value is -0.920. The van der Waals surface area contributed by atoms with Crippen LogP contribution in [0.3, 0.4) is 0 Å². The topological polar surface area (TPSA) is 26.3 Å². The summed E-state index contributed by atoms with van der Waals surface area (Å²) in [5.41, 5.74) is 3.10. The normalized spacial score (nSPS) is 10.4. The molecule has 0 aliphatic heterocycles. The van der Waals surface area contributed by atoms with Crippen molar-refractivity contribution in [3.05, 3.63) is 30.0 Å². The average molecular weight is 311 g/mol. The third-order valence-corrected chi connectivity index (χ3v) is 3.90. The van der Waals surface area contributed by atoms with Crippen LogP contribution in [0.2, 0.25) is 0 Å². The van der Waals surface area contributed by atoms with Crippen molar-refractivity contribution >= 4 is 17.7 Å². The Labute approximate surface area is 134 Å². The number of hydrogen-bond acceptors (Lipinski definition) is 3. The molecule has 0 radical (unpaired) electrons. The number of esters is 1. The maximum atomic E-state index is 10.9. The molecule has 3 heteroatoms. The number of carbonyl (C=O) groups excluding carboxylic acids is 1. The maximum absolute atomic E-state index is 10.9. The van der Waals surface area contributed by atoms with E-state index in [9.17, 15) is 4.79 Å². The fourth-order valence-corrected chi connectivity index (χ4v) is 2.41. The summed E-state index contributed by atoms with van der Waals surface area (Å²) in [5, 5.41) is 0. The Kier molecular flexibility index (Phi) is 16.4. The second kappa shape index (κ2) is 17.1. The van der Waals surface area contributed by atoms with Crippen LogP contribution >= 0.6 is 11.8 Å². The van der Waals surface area contributed by atoms with Crippen molar-refractivity contribution in [1.82, 2.24) is 0 Å². The molecule has 120 valence electrons. The highest BCUT2D eigenvalue weighted by Crippen LogP contribution is 2.06. The number of carbonyl (C=O) groups is 1. The molecule has 0 heterocycles. The predicted octanol–water partition coefficient (Wildman–Crippen LogP) is 5.30. The number of methoxy groups -OCH3 is 1. The molecular formula is C18H30O2S. The van der Waals surface area contributed by atoms with Gasteiger partial charge in [0.1, 0.15) is 0 Å². The van der Waals surface area contributed by atoms with Crippen molar-refractivity contribution in [2.45, 2.75) is 58.3 Å². The first-order valence-electron chi connectivity index (χ1n) is 8.00. The van der Waals surface area contributed by atoms with Crippen LogP contribution in [0.25, 0.3) is 0 Å². The Morgan fingerprint density at radius 3 is 2.67 bits per heavy atom. The van der Waals surface area contributed by atoms with Crippen LogP contribution < -0.4 is 0 Å². The van der Waals surface area contributed by atoms with E-state index in [-0.39, 0.29) is 5.97 Å². The molecule has 0 unspecified atom stereocenters. The number of unbranched alkanes of at least 4 members (excludes halogenated alkanes) is 4. The van der Waals surface area contributed by atoms with Crippen LogP contribution in [-0.4, -0.2) is 24.6 Å². The highest BCUT2D eigenvalue weighted by molar-refractivity contribution is 7.99. The zero-order valence-corrected chi connectivity index (χ0v) is 14.4. The van der Waals surface area contributed by atoms with Gasteiger partial charge in [-0.2, -0.15) is 11.8 Å². The second-order valence-corrected chi connectivity index (χ2v) is 6.02. The van der Waals surface area contributed by atoms with Gasteiger partial charge in [0, 0.05) is 12.2 Å². The molecular weight excluding hydrogens is 280 g/mol. The highest BCUT2D eigenvalue weighted by atomic mass is 32.2. The van der Waals surface area contributed by atoms with Gasteiger partial charge in [-0.25, -0.2) is 0 Å². The Morgan fingerprint density at radius 1 is 1.10 bits per heavy atom. The van der Waals surface area contributed by atoms with Crippen molar-refractivity contribution < 1.29 is 9.53 Å². The third-order valence-electron chi connectivity index (χ3n) is 2.98. The first-order valence-corrected chi connectivity index (χ1v) is 9.15. The van der Waals surface area contributed by atoms with Gasteiger partial charge in [-0.05, 0) is 43.6 Å². The van der Waals surface area contributed by atoms with Gasteiger partial charge in [0.05, 0.1) is 7.11 Å². The van der Waals surface area contributed by atoms with Gasteiger partial charge < -0.3 is 4.74 Å². The molecule has 0 aromatic heterocycles. The van der Waals surface area contributed by atoms with Crippen molar-refractivity contribution in [1.29, 1.82) is 0 Å². The lowest BCUT2D eigenvalue weighted by Crippen LogP contribution is -1.97. The highest BCUT2D eigenvalue weighted by Gasteiger charge is 1.94. The summed E-state index contributed by atoms with van der Waals surface area (Å²) < 4.78 is 4.56. The molecule has 0 atom stereocenters. The molecule has 0 rings (SSSR count). The molecule has 0 saturated heterocycles. The standard InChI is InChI=1S/C18H30O2S/c1-3-4-5-6-7-8-10-13-16-21-17-14-11-9-12-15-18(19)20-2/h8-10,14H,3-7,12-13,15-17H2,1-2H3/b10-8-. The largest absolute Gasteiger partial charge is 0.469 e. The van der Waals surface area contributed by atoms with Crippen molar-refractivity contribution in [2.75, 3.05) is 18.6 Å². The minimum atomic E-state index is -0.163. The first-order chi connectivity index (χ1) is 10.3. The first kappa shape index (κ1) is 20.1. The lowest BCUT2D eigenvalue weighted by Gasteiger charge is -1.95. The quantitative estimate of drug-likeness (QED) is 0.200. The summed E-state index contributed by atoms with van der Waals surface area (Å²) in [7, 11) is 1.41. The SMILES string of the molecule is CCCCCC/C=C\CCSCC=C=CCCC(=O)OC. The number of thioether (sulfide) groups is 1. The van der Waals surface area contributed by atoms with E-state index in [2.05, 4.69) is 29.5 Å². The van der Waals surface area contributed by atoms with E-state index < -0.39 is 0 Å². The number of ether oxygens (including phenoxy) is 1. The van der Waals surface area contributed by atoms with Gasteiger partial charge in [0.2, 0.25) is 0 Å². The van der Waals surface area contributed by atoms with Crippen LogP contribution in [0, 0.1) is 0 Å². The van der Waals surface area contributed by atoms with Gasteiger partial charge >= 0.3 is 5.97 Å². The van der Waals surface area contributed by atoms with Crippen molar-refractivity contribution in [3.8, 4) is 0 Å². The molecule has 0 spiro atoms. The molecule has 21 heavy (non-hydrogen) atoms. The minimum absolute atomic E-state index is 0.163.